The summed E-state index contributed by atoms with van der Waals surface area (Å²) in [7, 11) is 0. The number of allylic oxidation sites excluding steroid dienone is 2. The third-order valence-corrected chi connectivity index (χ3v) is 1.45. The fourth-order valence-electron chi connectivity index (χ4n) is 0.834. The Bertz CT molecular complexity index is 168. The molecule has 0 amide bonds. The molecule has 1 rings (SSSR count). The second kappa shape index (κ2) is 2.23. The zero-order chi connectivity index (χ0) is 6.85. The second-order valence-electron chi connectivity index (χ2n) is 2.22. The highest BCUT2D eigenvalue weighted by Gasteiger charge is 2.12. The molecule has 1 atom stereocenters. The summed E-state index contributed by atoms with van der Waals surface area (Å²) in [6.45, 7) is 1.77. The third-order valence-electron chi connectivity index (χ3n) is 1.45. The van der Waals surface area contributed by atoms with Gasteiger partial charge in [0.05, 0.1) is 0 Å². The normalized spacial score (nSPS) is 27.1. The maximum atomic E-state index is 9.02. The molecule has 0 spiro atoms. The van der Waals surface area contributed by atoms with Gasteiger partial charge in [-0.1, -0.05) is 12.2 Å². The smallest absolute Gasteiger partial charge is 0.124 e. The molecule has 9 heavy (non-hydrogen) atoms. The van der Waals surface area contributed by atoms with Crippen molar-refractivity contribution >= 4 is 0 Å². The summed E-state index contributed by atoms with van der Waals surface area (Å²) in [5.41, 5.74) is 0.758. The van der Waals surface area contributed by atoms with Gasteiger partial charge < -0.3 is 10.2 Å². The van der Waals surface area contributed by atoms with Crippen LogP contribution >= 0.6 is 0 Å². The fraction of sp³-hybridized carbons (Fsp3) is 0.429. The number of aliphatic hydroxyl groups is 2. The molecule has 0 aliphatic heterocycles. The standard InChI is InChI=1S/C7H10O2/c1-5-3-2-4-6(8)7(5)9/h2-3,6,8-9H,4H2,1H3. The summed E-state index contributed by atoms with van der Waals surface area (Å²) < 4.78 is 0. The molecule has 1 aliphatic rings. The van der Waals surface area contributed by atoms with Gasteiger partial charge in [0, 0.05) is 0 Å². The van der Waals surface area contributed by atoms with E-state index in [-0.39, 0.29) is 5.76 Å². The maximum Gasteiger partial charge on any atom is 0.124 e. The van der Waals surface area contributed by atoms with Gasteiger partial charge in [-0.25, -0.2) is 0 Å². The van der Waals surface area contributed by atoms with Crippen LogP contribution in [0.25, 0.3) is 0 Å². The fourth-order valence-corrected chi connectivity index (χ4v) is 0.834. The zero-order valence-corrected chi connectivity index (χ0v) is 5.33. The molecule has 0 aromatic carbocycles. The molecule has 0 bridgehead atoms. The first-order valence-corrected chi connectivity index (χ1v) is 2.96. The molecule has 0 radical (unpaired) electrons. The van der Waals surface area contributed by atoms with Gasteiger partial charge in [0.15, 0.2) is 0 Å². The van der Waals surface area contributed by atoms with Crippen molar-refractivity contribution < 1.29 is 10.2 Å². The molecule has 0 saturated heterocycles. The van der Waals surface area contributed by atoms with Crippen LogP contribution in [-0.2, 0) is 0 Å². The van der Waals surface area contributed by atoms with Crippen LogP contribution in [0.5, 0.6) is 0 Å². The van der Waals surface area contributed by atoms with E-state index in [1.54, 1.807) is 6.92 Å². The monoisotopic (exact) mass is 126 g/mol. The summed E-state index contributed by atoms with van der Waals surface area (Å²) in [6, 6.07) is 0. The van der Waals surface area contributed by atoms with Crippen LogP contribution in [0.15, 0.2) is 23.5 Å². The van der Waals surface area contributed by atoms with Crippen molar-refractivity contribution in [2.24, 2.45) is 0 Å². The minimum absolute atomic E-state index is 0.109. The van der Waals surface area contributed by atoms with Crippen molar-refractivity contribution in [3.05, 3.63) is 23.5 Å². The summed E-state index contributed by atoms with van der Waals surface area (Å²) >= 11 is 0. The first-order chi connectivity index (χ1) is 4.22. The molecule has 0 fully saturated rings. The van der Waals surface area contributed by atoms with Crippen LogP contribution in [0.2, 0.25) is 0 Å². The topological polar surface area (TPSA) is 40.5 Å². The lowest BCUT2D eigenvalue weighted by molar-refractivity contribution is 0.151. The van der Waals surface area contributed by atoms with Gasteiger partial charge in [-0.3, -0.25) is 0 Å². The molecule has 50 valence electrons. The lowest BCUT2D eigenvalue weighted by atomic mass is 10.0. The van der Waals surface area contributed by atoms with Crippen LogP contribution in [-0.4, -0.2) is 16.3 Å². The predicted octanol–water partition coefficient (Wildman–Crippen LogP) is 1.14. The Balaban J connectivity index is 2.83. The van der Waals surface area contributed by atoms with Gasteiger partial charge in [0.2, 0.25) is 0 Å². The molecule has 2 N–H and O–H groups in total. The second-order valence-corrected chi connectivity index (χ2v) is 2.22. The number of rotatable bonds is 0. The van der Waals surface area contributed by atoms with Crippen molar-refractivity contribution in [2.45, 2.75) is 19.4 Å². The van der Waals surface area contributed by atoms with E-state index in [1.807, 2.05) is 12.2 Å². The molecular weight excluding hydrogens is 116 g/mol. The van der Waals surface area contributed by atoms with E-state index in [0.717, 1.165) is 5.57 Å². The van der Waals surface area contributed by atoms with Gasteiger partial charge in [-0.15, -0.1) is 0 Å². The number of hydrogen-bond donors (Lipinski definition) is 2. The Labute approximate surface area is 54.1 Å². The molecule has 0 saturated carbocycles. The Morgan fingerprint density at radius 3 is 2.78 bits per heavy atom. The Morgan fingerprint density at radius 1 is 1.67 bits per heavy atom. The predicted molar refractivity (Wildman–Crippen MR) is 35.1 cm³/mol. The van der Waals surface area contributed by atoms with Crippen LogP contribution in [0, 0.1) is 0 Å². The van der Waals surface area contributed by atoms with Crippen molar-refractivity contribution in [3.8, 4) is 0 Å². The van der Waals surface area contributed by atoms with Crippen LogP contribution in [0.3, 0.4) is 0 Å². The van der Waals surface area contributed by atoms with Crippen molar-refractivity contribution in [1.82, 2.24) is 0 Å². The van der Waals surface area contributed by atoms with E-state index in [0.29, 0.717) is 6.42 Å². The minimum Gasteiger partial charge on any atom is -0.509 e. The van der Waals surface area contributed by atoms with Crippen LogP contribution in [0.1, 0.15) is 13.3 Å². The van der Waals surface area contributed by atoms with Crippen molar-refractivity contribution in [1.29, 1.82) is 0 Å². The molecule has 0 heterocycles. The lowest BCUT2D eigenvalue weighted by Gasteiger charge is -2.12. The molecule has 1 aliphatic carbocycles. The molecule has 1 unspecified atom stereocenters. The van der Waals surface area contributed by atoms with E-state index >= 15 is 0 Å². The van der Waals surface area contributed by atoms with Gasteiger partial charge in [-0.2, -0.15) is 0 Å². The first kappa shape index (κ1) is 6.36. The Kier molecular flexibility index (Phi) is 1.58. The maximum absolute atomic E-state index is 9.02. The van der Waals surface area contributed by atoms with Gasteiger partial charge >= 0.3 is 0 Å². The van der Waals surface area contributed by atoms with Gasteiger partial charge in [-0.05, 0) is 18.9 Å². The van der Waals surface area contributed by atoms with E-state index in [9.17, 15) is 0 Å². The van der Waals surface area contributed by atoms with Gasteiger partial charge in [0.25, 0.3) is 0 Å². The average Bonchev–Trinajstić information content (AvgIpc) is 1.83. The number of aliphatic hydroxyl groups excluding tert-OH is 2. The highest BCUT2D eigenvalue weighted by molar-refractivity contribution is 5.26. The average molecular weight is 126 g/mol. The van der Waals surface area contributed by atoms with E-state index in [4.69, 9.17) is 10.2 Å². The van der Waals surface area contributed by atoms with E-state index in [2.05, 4.69) is 0 Å². The van der Waals surface area contributed by atoms with Crippen molar-refractivity contribution in [2.75, 3.05) is 0 Å². The molecule has 0 aromatic rings. The lowest BCUT2D eigenvalue weighted by Crippen LogP contribution is -2.12. The van der Waals surface area contributed by atoms with Crippen molar-refractivity contribution in [3.63, 3.8) is 0 Å². The SMILES string of the molecule is CC1=C(O)C(O)CC=C1. The van der Waals surface area contributed by atoms with Crippen LogP contribution < -0.4 is 0 Å². The molecule has 2 nitrogen and oxygen atoms in total. The summed E-state index contributed by atoms with van der Waals surface area (Å²) in [5.74, 6) is 0.109. The summed E-state index contributed by atoms with van der Waals surface area (Å²) in [4.78, 5) is 0. The molecular formula is C7H10O2. The summed E-state index contributed by atoms with van der Waals surface area (Å²) in [5, 5.41) is 18.0. The molecule has 0 aromatic heterocycles. The molecule has 2 heteroatoms. The third kappa shape index (κ3) is 1.13. The minimum atomic E-state index is -0.671. The van der Waals surface area contributed by atoms with Gasteiger partial charge in [0.1, 0.15) is 11.9 Å². The highest BCUT2D eigenvalue weighted by atomic mass is 16.3. The Hall–Kier alpha value is -0.760. The van der Waals surface area contributed by atoms with E-state index < -0.39 is 6.10 Å². The zero-order valence-electron chi connectivity index (χ0n) is 5.33. The quantitative estimate of drug-likeness (QED) is 0.511. The first-order valence-electron chi connectivity index (χ1n) is 2.96. The largest absolute Gasteiger partial charge is 0.509 e. The summed E-state index contributed by atoms with van der Waals surface area (Å²) in [6.07, 6.45) is 3.51. The van der Waals surface area contributed by atoms with Crippen LogP contribution in [0.4, 0.5) is 0 Å². The highest BCUT2D eigenvalue weighted by Crippen LogP contribution is 2.15. The number of hydrogen-bond acceptors (Lipinski definition) is 2. The Morgan fingerprint density at radius 2 is 2.33 bits per heavy atom. The van der Waals surface area contributed by atoms with E-state index in [1.165, 1.54) is 0 Å².